The van der Waals surface area contributed by atoms with Crippen molar-refractivity contribution < 1.29 is 13.2 Å². The van der Waals surface area contributed by atoms with Crippen LogP contribution in [0.5, 0.6) is 0 Å². The number of nitrogens with zero attached hydrogens (tertiary/aromatic N) is 3. The molecule has 9 heteroatoms. The van der Waals surface area contributed by atoms with Crippen LogP contribution in [-0.4, -0.2) is 31.3 Å². The number of hydrogen-bond donors (Lipinski definition) is 1. The van der Waals surface area contributed by atoms with E-state index in [-0.39, 0.29) is 15.9 Å². The molecular formula is C22H23ClN4O3S. The molecule has 7 nitrogen and oxygen atoms in total. The Kier molecular flexibility index (Phi) is 6.33. The Morgan fingerprint density at radius 3 is 2.29 bits per heavy atom. The standard InChI is InChI=1S/C22H23ClN4O3S/c1-22(2,3)21-24-13-17(14-25-21)26-20(28)15-7-5-10-19(11-15)31(29,30)27(4)18-9-6-8-16(23)12-18/h5-14H,1-4H3,(H,26,28). The summed E-state index contributed by atoms with van der Waals surface area (Å²) in [6.07, 6.45) is 3.05. The number of hydrogen-bond acceptors (Lipinski definition) is 5. The van der Waals surface area contributed by atoms with Gasteiger partial charge in [-0.25, -0.2) is 18.4 Å². The van der Waals surface area contributed by atoms with Gasteiger partial charge in [-0.15, -0.1) is 0 Å². The number of carbonyl (C=O) groups is 1. The molecule has 1 heterocycles. The first-order valence-corrected chi connectivity index (χ1v) is 11.3. The van der Waals surface area contributed by atoms with Gasteiger partial charge in [-0.05, 0) is 36.4 Å². The van der Waals surface area contributed by atoms with Crippen molar-refractivity contribution in [2.75, 3.05) is 16.7 Å². The molecular weight excluding hydrogens is 436 g/mol. The highest BCUT2D eigenvalue weighted by molar-refractivity contribution is 7.92. The molecule has 0 aliphatic rings. The number of carbonyl (C=O) groups excluding carboxylic acids is 1. The van der Waals surface area contributed by atoms with E-state index in [0.29, 0.717) is 22.2 Å². The first-order chi connectivity index (χ1) is 14.5. The fourth-order valence-electron chi connectivity index (χ4n) is 2.75. The summed E-state index contributed by atoms with van der Waals surface area (Å²) in [7, 11) is -2.46. The van der Waals surface area contributed by atoms with Crippen LogP contribution >= 0.6 is 11.6 Å². The maximum Gasteiger partial charge on any atom is 0.264 e. The summed E-state index contributed by atoms with van der Waals surface area (Å²) >= 11 is 5.98. The summed E-state index contributed by atoms with van der Waals surface area (Å²) in [6.45, 7) is 5.98. The van der Waals surface area contributed by atoms with E-state index in [2.05, 4.69) is 15.3 Å². The molecule has 0 aliphatic carbocycles. The number of anilines is 2. The maximum atomic E-state index is 13.0. The monoisotopic (exact) mass is 458 g/mol. The van der Waals surface area contributed by atoms with E-state index in [1.54, 1.807) is 24.3 Å². The van der Waals surface area contributed by atoms with Gasteiger partial charge in [-0.3, -0.25) is 9.10 Å². The number of rotatable bonds is 5. The van der Waals surface area contributed by atoms with Crippen LogP contribution in [0, 0.1) is 0 Å². The van der Waals surface area contributed by atoms with Crippen molar-refractivity contribution in [1.29, 1.82) is 0 Å². The number of halogens is 1. The topological polar surface area (TPSA) is 92.3 Å². The summed E-state index contributed by atoms with van der Waals surface area (Å²) in [5.41, 5.74) is 0.821. The Morgan fingerprint density at radius 1 is 1.03 bits per heavy atom. The molecule has 3 aromatic rings. The third-order valence-electron chi connectivity index (χ3n) is 4.51. The van der Waals surface area contributed by atoms with Crippen LogP contribution in [0.25, 0.3) is 0 Å². The summed E-state index contributed by atoms with van der Waals surface area (Å²) in [5.74, 6) is 0.192. The van der Waals surface area contributed by atoms with E-state index in [4.69, 9.17) is 11.6 Å². The first kappa shape index (κ1) is 22.7. The van der Waals surface area contributed by atoms with Crippen molar-refractivity contribution >= 4 is 38.9 Å². The largest absolute Gasteiger partial charge is 0.319 e. The van der Waals surface area contributed by atoms with E-state index in [0.717, 1.165) is 4.31 Å². The van der Waals surface area contributed by atoms with Crippen LogP contribution in [0.1, 0.15) is 37.0 Å². The molecule has 31 heavy (non-hydrogen) atoms. The molecule has 1 aromatic heterocycles. The van der Waals surface area contributed by atoms with Crippen LogP contribution in [0.3, 0.4) is 0 Å². The second-order valence-corrected chi connectivity index (χ2v) is 10.4. The highest BCUT2D eigenvalue weighted by atomic mass is 35.5. The molecule has 1 N–H and O–H groups in total. The molecule has 162 valence electrons. The number of benzene rings is 2. The van der Waals surface area contributed by atoms with Crippen molar-refractivity contribution in [2.45, 2.75) is 31.1 Å². The quantitative estimate of drug-likeness (QED) is 0.607. The van der Waals surface area contributed by atoms with Gasteiger partial charge in [-0.1, -0.05) is 44.5 Å². The van der Waals surface area contributed by atoms with E-state index >= 15 is 0 Å². The first-order valence-electron chi connectivity index (χ1n) is 9.47. The van der Waals surface area contributed by atoms with Crippen molar-refractivity contribution in [3.8, 4) is 0 Å². The van der Waals surface area contributed by atoms with E-state index < -0.39 is 15.9 Å². The lowest BCUT2D eigenvalue weighted by atomic mass is 9.96. The molecule has 0 radical (unpaired) electrons. The Balaban J connectivity index is 1.83. The zero-order valence-corrected chi connectivity index (χ0v) is 19.2. The summed E-state index contributed by atoms with van der Waals surface area (Å²) in [4.78, 5) is 21.2. The molecule has 2 aromatic carbocycles. The van der Waals surface area contributed by atoms with Gasteiger partial charge in [0.05, 0.1) is 28.7 Å². The Hall–Kier alpha value is -2.97. The van der Waals surface area contributed by atoms with Crippen LogP contribution in [0.4, 0.5) is 11.4 Å². The summed E-state index contributed by atoms with van der Waals surface area (Å²) < 4.78 is 27.2. The molecule has 0 bridgehead atoms. The second kappa shape index (κ2) is 8.64. The molecule has 0 spiro atoms. The van der Waals surface area contributed by atoms with Gasteiger partial charge in [0.25, 0.3) is 15.9 Å². The average Bonchev–Trinajstić information content (AvgIpc) is 2.73. The Bertz CT molecular complexity index is 1210. The van der Waals surface area contributed by atoms with Gasteiger partial charge in [0.15, 0.2) is 0 Å². The van der Waals surface area contributed by atoms with Crippen molar-refractivity contribution in [3.05, 3.63) is 77.3 Å². The van der Waals surface area contributed by atoms with Crippen molar-refractivity contribution in [1.82, 2.24) is 9.97 Å². The Morgan fingerprint density at radius 2 is 1.68 bits per heavy atom. The van der Waals surface area contributed by atoms with Gasteiger partial charge in [0.1, 0.15) is 5.82 Å². The minimum atomic E-state index is -3.89. The molecule has 0 fully saturated rings. The lowest BCUT2D eigenvalue weighted by Crippen LogP contribution is -2.27. The molecule has 1 amide bonds. The van der Waals surface area contributed by atoms with Gasteiger partial charge in [0.2, 0.25) is 0 Å². The zero-order chi connectivity index (χ0) is 22.8. The van der Waals surface area contributed by atoms with E-state index in [9.17, 15) is 13.2 Å². The molecule has 3 rings (SSSR count). The molecule has 0 atom stereocenters. The van der Waals surface area contributed by atoms with Crippen molar-refractivity contribution in [3.63, 3.8) is 0 Å². The van der Waals surface area contributed by atoms with Crippen LogP contribution in [0.15, 0.2) is 65.8 Å². The van der Waals surface area contributed by atoms with E-state index in [1.165, 1.54) is 43.7 Å². The van der Waals surface area contributed by atoms with Crippen LogP contribution in [-0.2, 0) is 15.4 Å². The molecule has 0 unspecified atom stereocenters. The number of amides is 1. The lowest BCUT2D eigenvalue weighted by molar-refractivity contribution is 0.102. The third kappa shape index (κ3) is 5.21. The average molecular weight is 459 g/mol. The van der Waals surface area contributed by atoms with Crippen LogP contribution < -0.4 is 9.62 Å². The van der Waals surface area contributed by atoms with E-state index in [1.807, 2.05) is 20.8 Å². The zero-order valence-electron chi connectivity index (χ0n) is 17.6. The van der Waals surface area contributed by atoms with Gasteiger partial charge < -0.3 is 5.32 Å². The normalized spacial score (nSPS) is 11.8. The number of aromatic nitrogens is 2. The SMILES string of the molecule is CN(c1cccc(Cl)c1)S(=O)(=O)c1cccc(C(=O)Nc2cnc(C(C)(C)C)nc2)c1. The van der Waals surface area contributed by atoms with Gasteiger partial charge in [0, 0.05) is 23.0 Å². The second-order valence-electron chi connectivity index (χ2n) is 7.98. The molecule has 0 aliphatic heterocycles. The fourth-order valence-corrected chi connectivity index (χ4v) is 4.17. The molecule has 0 saturated carbocycles. The molecule has 0 saturated heterocycles. The van der Waals surface area contributed by atoms with Crippen LogP contribution in [0.2, 0.25) is 5.02 Å². The summed E-state index contributed by atoms with van der Waals surface area (Å²) in [5, 5.41) is 3.12. The predicted octanol–water partition coefficient (Wildman–Crippen LogP) is 4.50. The highest BCUT2D eigenvalue weighted by Gasteiger charge is 2.23. The predicted molar refractivity (Wildman–Crippen MR) is 122 cm³/mol. The Labute approximate surface area is 187 Å². The maximum absolute atomic E-state index is 13.0. The lowest BCUT2D eigenvalue weighted by Gasteiger charge is -2.20. The fraction of sp³-hybridized carbons (Fsp3) is 0.227. The smallest absolute Gasteiger partial charge is 0.264 e. The minimum absolute atomic E-state index is 0.0121. The summed E-state index contributed by atoms with van der Waals surface area (Å²) in [6, 6.07) is 12.3. The minimum Gasteiger partial charge on any atom is -0.319 e. The highest BCUT2D eigenvalue weighted by Crippen LogP contribution is 2.25. The van der Waals surface area contributed by atoms with Gasteiger partial charge >= 0.3 is 0 Å². The van der Waals surface area contributed by atoms with Crippen molar-refractivity contribution in [2.24, 2.45) is 0 Å². The van der Waals surface area contributed by atoms with Gasteiger partial charge in [-0.2, -0.15) is 0 Å². The third-order valence-corrected chi connectivity index (χ3v) is 6.52. The number of nitrogens with one attached hydrogen (secondary N) is 1. The number of sulfonamides is 1.